The number of hydrogen-bond acceptors (Lipinski definition) is 10. The van der Waals surface area contributed by atoms with E-state index in [1.165, 1.54) is 0 Å². The van der Waals surface area contributed by atoms with Gasteiger partial charge >= 0.3 is 17.2 Å². The summed E-state index contributed by atoms with van der Waals surface area (Å²) in [6.45, 7) is 6.49. The fourth-order valence-electron chi connectivity index (χ4n) is 2.57. The molecule has 0 aliphatic carbocycles. The average molecular weight is 441 g/mol. The van der Waals surface area contributed by atoms with E-state index in [2.05, 4.69) is 4.90 Å². The Morgan fingerprint density at radius 3 is 2.47 bits per heavy atom. The maximum Gasteiger partial charge on any atom is 0.370 e. The van der Waals surface area contributed by atoms with Crippen molar-refractivity contribution in [2.75, 3.05) is 46.2 Å². The Hall–Kier alpha value is -2.14. The van der Waals surface area contributed by atoms with E-state index in [0.717, 1.165) is 24.9 Å². The summed E-state index contributed by atoms with van der Waals surface area (Å²) in [6.07, 6.45) is 0. The first-order valence-corrected chi connectivity index (χ1v) is 10.4. The minimum atomic E-state index is -1.04. The van der Waals surface area contributed by atoms with E-state index in [9.17, 15) is 14.4 Å². The zero-order chi connectivity index (χ0) is 22.0. The summed E-state index contributed by atoms with van der Waals surface area (Å²) in [4.78, 5) is 38.2. The zero-order valence-corrected chi connectivity index (χ0v) is 18.0. The number of esters is 2. The molecule has 1 aromatic rings. The van der Waals surface area contributed by atoms with Gasteiger partial charge in [-0.25, -0.2) is 9.59 Å². The number of morpholine rings is 1. The van der Waals surface area contributed by atoms with Crippen molar-refractivity contribution in [2.24, 2.45) is 5.73 Å². The lowest BCUT2D eigenvalue weighted by Crippen LogP contribution is -2.49. The van der Waals surface area contributed by atoms with Crippen molar-refractivity contribution in [3.63, 3.8) is 0 Å². The fourth-order valence-corrected chi connectivity index (χ4v) is 3.33. The Labute approximate surface area is 180 Å². The minimum absolute atomic E-state index is 0.215. The van der Waals surface area contributed by atoms with Gasteiger partial charge in [0, 0.05) is 24.4 Å². The Bertz CT molecular complexity index is 708. The van der Waals surface area contributed by atoms with Crippen molar-refractivity contribution in [3.8, 4) is 0 Å². The van der Waals surface area contributed by atoms with Crippen LogP contribution in [0.15, 0.2) is 30.3 Å². The van der Waals surface area contributed by atoms with Gasteiger partial charge in [0.15, 0.2) is 0 Å². The summed E-state index contributed by atoms with van der Waals surface area (Å²) in [6, 6.07) is 7.31. The molecule has 10 heteroatoms. The predicted octanol–water partition coefficient (Wildman–Crippen LogP) is 1.65. The van der Waals surface area contributed by atoms with E-state index in [-0.39, 0.29) is 6.61 Å². The molecule has 0 bridgehead atoms. The molecule has 166 valence electrons. The van der Waals surface area contributed by atoms with Gasteiger partial charge in [-0.2, -0.15) is 0 Å². The van der Waals surface area contributed by atoms with Crippen molar-refractivity contribution in [3.05, 3.63) is 35.9 Å². The van der Waals surface area contributed by atoms with Crippen LogP contribution >= 0.6 is 11.8 Å². The standard InChI is InChI=1S/C20H28N2O7S/c1-20(2,16(21)18(24)27-13-10-22-8-11-26-12-9-22)30-19(25)29-14-28-17(23)15-6-4-3-5-7-15/h3-7,16H,8-14,21H2,1-2H3/t16-/m0/s1. The van der Waals surface area contributed by atoms with Crippen LogP contribution in [0.5, 0.6) is 0 Å². The van der Waals surface area contributed by atoms with Crippen molar-refractivity contribution in [2.45, 2.75) is 24.6 Å². The molecule has 1 aliphatic heterocycles. The second-order valence-corrected chi connectivity index (χ2v) is 8.70. The molecule has 1 atom stereocenters. The van der Waals surface area contributed by atoms with Crippen LogP contribution in [0.1, 0.15) is 24.2 Å². The molecule has 0 spiro atoms. The molecule has 0 amide bonds. The first-order chi connectivity index (χ1) is 14.3. The predicted molar refractivity (Wildman–Crippen MR) is 111 cm³/mol. The van der Waals surface area contributed by atoms with E-state index >= 15 is 0 Å². The lowest BCUT2D eigenvalue weighted by atomic mass is 10.1. The number of hydrogen-bond donors (Lipinski definition) is 1. The second-order valence-electron chi connectivity index (χ2n) is 7.11. The van der Waals surface area contributed by atoms with E-state index in [4.69, 9.17) is 24.7 Å². The molecule has 1 saturated heterocycles. The lowest BCUT2D eigenvalue weighted by molar-refractivity contribution is -0.146. The molecule has 1 aromatic carbocycles. The van der Waals surface area contributed by atoms with Gasteiger partial charge in [-0.1, -0.05) is 18.2 Å². The van der Waals surface area contributed by atoms with Gasteiger partial charge in [-0.15, -0.1) is 0 Å². The molecule has 0 unspecified atom stereocenters. The Morgan fingerprint density at radius 2 is 1.80 bits per heavy atom. The Kier molecular flexibility index (Phi) is 9.57. The summed E-state index contributed by atoms with van der Waals surface area (Å²) in [7, 11) is 0. The number of nitrogens with zero attached hydrogens (tertiary/aromatic N) is 1. The van der Waals surface area contributed by atoms with Crippen LogP contribution in [0.25, 0.3) is 0 Å². The minimum Gasteiger partial charge on any atom is -0.463 e. The number of thioether (sulfide) groups is 1. The molecule has 1 fully saturated rings. The third-order valence-electron chi connectivity index (χ3n) is 4.48. The SMILES string of the molecule is CC(C)(SC(=O)OCOC(=O)c1ccccc1)[C@@H](N)C(=O)OCCN1CCOCC1. The van der Waals surface area contributed by atoms with E-state index in [0.29, 0.717) is 25.3 Å². The van der Waals surface area contributed by atoms with Crippen molar-refractivity contribution in [1.29, 1.82) is 0 Å². The topological polar surface area (TPSA) is 117 Å². The average Bonchev–Trinajstić information content (AvgIpc) is 2.74. The maximum absolute atomic E-state index is 12.2. The largest absolute Gasteiger partial charge is 0.463 e. The first-order valence-electron chi connectivity index (χ1n) is 9.60. The third kappa shape index (κ3) is 7.94. The van der Waals surface area contributed by atoms with Gasteiger partial charge in [0.2, 0.25) is 6.79 Å². The molecular formula is C20H28N2O7S. The highest BCUT2D eigenvalue weighted by Crippen LogP contribution is 2.29. The van der Waals surface area contributed by atoms with Gasteiger partial charge in [0.05, 0.1) is 18.8 Å². The van der Waals surface area contributed by atoms with E-state index in [1.54, 1.807) is 44.2 Å². The number of nitrogens with two attached hydrogens (primary N) is 1. The van der Waals surface area contributed by atoms with Crippen molar-refractivity contribution >= 4 is 29.0 Å². The molecule has 1 heterocycles. The highest BCUT2D eigenvalue weighted by Gasteiger charge is 2.37. The monoisotopic (exact) mass is 440 g/mol. The van der Waals surface area contributed by atoms with Crippen LogP contribution in [0.3, 0.4) is 0 Å². The van der Waals surface area contributed by atoms with Crippen molar-refractivity contribution < 1.29 is 33.3 Å². The Balaban J connectivity index is 1.69. The summed E-state index contributed by atoms with van der Waals surface area (Å²) >= 11 is 0.742. The zero-order valence-electron chi connectivity index (χ0n) is 17.2. The van der Waals surface area contributed by atoms with Crippen LogP contribution < -0.4 is 5.73 Å². The summed E-state index contributed by atoms with van der Waals surface area (Å²) in [5.74, 6) is -1.20. The molecule has 2 N–H and O–H groups in total. The van der Waals surface area contributed by atoms with Gasteiger partial charge in [0.25, 0.3) is 0 Å². The molecule has 0 saturated carbocycles. The summed E-state index contributed by atoms with van der Waals surface area (Å²) in [5.41, 5.74) is 6.34. The Morgan fingerprint density at radius 1 is 1.13 bits per heavy atom. The number of ether oxygens (including phenoxy) is 4. The number of benzene rings is 1. The lowest BCUT2D eigenvalue weighted by Gasteiger charge is -2.29. The molecular weight excluding hydrogens is 412 g/mol. The highest BCUT2D eigenvalue weighted by atomic mass is 32.2. The van der Waals surface area contributed by atoms with Gasteiger partial charge in [0.1, 0.15) is 12.6 Å². The first kappa shape index (κ1) is 24.1. The third-order valence-corrected chi connectivity index (χ3v) is 5.55. The van der Waals surface area contributed by atoms with Crippen LogP contribution in [0, 0.1) is 0 Å². The molecule has 0 radical (unpaired) electrons. The molecule has 2 rings (SSSR count). The number of carbonyl (C=O) groups is 3. The highest BCUT2D eigenvalue weighted by molar-refractivity contribution is 8.14. The second kappa shape index (κ2) is 11.9. The molecule has 30 heavy (non-hydrogen) atoms. The smallest absolute Gasteiger partial charge is 0.370 e. The molecule has 1 aliphatic rings. The number of rotatable bonds is 9. The normalized spacial score (nSPS) is 15.8. The van der Waals surface area contributed by atoms with E-state index < -0.39 is 34.8 Å². The molecule has 9 nitrogen and oxygen atoms in total. The van der Waals surface area contributed by atoms with Crippen LogP contribution in [0.4, 0.5) is 4.79 Å². The fraction of sp³-hybridized carbons (Fsp3) is 0.550. The van der Waals surface area contributed by atoms with Gasteiger partial charge < -0.3 is 24.7 Å². The number of carbonyl (C=O) groups excluding carboxylic acids is 3. The van der Waals surface area contributed by atoms with Crippen molar-refractivity contribution in [1.82, 2.24) is 4.90 Å². The van der Waals surface area contributed by atoms with Gasteiger partial charge in [-0.3, -0.25) is 9.69 Å². The van der Waals surface area contributed by atoms with Crippen LogP contribution in [-0.2, 0) is 23.7 Å². The van der Waals surface area contributed by atoms with Gasteiger partial charge in [-0.05, 0) is 37.7 Å². The maximum atomic E-state index is 12.2. The quantitative estimate of drug-likeness (QED) is 0.449. The van der Waals surface area contributed by atoms with Crippen LogP contribution in [0.2, 0.25) is 0 Å². The summed E-state index contributed by atoms with van der Waals surface area (Å²) < 4.78 is 19.4. The summed E-state index contributed by atoms with van der Waals surface area (Å²) in [5, 5.41) is -0.711. The van der Waals surface area contributed by atoms with E-state index in [1.807, 2.05) is 0 Å². The molecule has 0 aromatic heterocycles. The van der Waals surface area contributed by atoms with Crippen LogP contribution in [-0.4, -0.2) is 79.2 Å².